The molecule has 3 N–H and O–H groups in total. The molecular weight excluding hydrogens is 444 g/mol. The molecule has 0 radical (unpaired) electrons. The zero-order valence-electron chi connectivity index (χ0n) is 20.3. The molecule has 0 spiro atoms. The van der Waals surface area contributed by atoms with Gasteiger partial charge in [-0.1, -0.05) is 18.9 Å². The molecule has 2 fully saturated rings. The van der Waals surface area contributed by atoms with E-state index < -0.39 is 5.60 Å². The van der Waals surface area contributed by atoms with Gasteiger partial charge in [0.1, 0.15) is 11.3 Å². The molecule has 0 amide bonds. The fourth-order valence-corrected chi connectivity index (χ4v) is 5.78. The van der Waals surface area contributed by atoms with Crippen molar-refractivity contribution in [3.05, 3.63) is 36.4 Å². The summed E-state index contributed by atoms with van der Waals surface area (Å²) in [5, 5.41) is 21.2. The second-order valence-corrected chi connectivity index (χ2v) is 10.1. The molecular formula is C25H32N8O2. The number of benzene rings is 1. The van der Waals surface area contributed by atoms with E-state index in [4.69, 9.17) is 20.6 Å². The zero-order valence-corrected chi connectivity index (χ0v) is 20.3. The topological polar surface area (TPSA) is 120 Å². The van der Waals surface area contributed by atoms with Crippen LogP contribution in [-0.4, -0.2) is 60.3 Å². The smallest absolute Gasteiger partial charge is 0.223 e. The van der Waals surface area contributed by atoms with E-state index in [2.05, 4.69) is 21.2 Å². The molecule has 2 aliphatic rings. The molecule has 0 unspecified atom stereocenters. The SMILES string of the molecule is COc1cccc2c1nc(N)n1nc([C@@H]3CCCN(c4cnn([C@H]5CCCC[C@]5(C)O)c4)C3)nc21. The standard InChI is InChI=1S/C25H32N8O2/c1-25(34)11-4-3-10-20(25)32-15-17(13-27-32)31-12-6-7-16(14-31)22-29-23-18-8-5-9-19(35-2)21(18)28-24(26)33(23)30-22/h5,8-9,13,15-16,20,34H,3-4,6-7,10-12,14H2,1-2H3,(H2,26,28)/t16-,20+,25+/m1/s1. The van der Waals surface area contributed by atoms with Crippen molar-refractivity contribution in [1.29, 1.82) is 0 Å². The number of fused-ring (bicyclic) bond motifs is 3. The number of nitrogens with zero attached hydrogens (tertiary/aromatic N) is 7. The van der Waals surface area contributed by atoms with Crippen molar-refractivity contribution in [1.82, 2.24) is 29.4 Å². The number of piperidine rings is 1. The van der Waals surface area contributed by atoms with Gasteiger partial charge < -0.3 is 20.5 Å². The first-order chi connectivity index (χ1) is 16.9. The van der Waals surface area contributed by atoms with Gasteiger partial charge in [-0.3, -0.25) is 4.68 Å². The van der Waals surface area contributed by atoms with Gasteiger partial charge in [0, 0.05) is 30.6 Å². The Labute approximate surface area is 203 Å². The molecule has 4 heterocycles. The van der Waals surface area contributed by atoms with E-state index in [0.717, 1.165) is 68.5 Å². The van der Waals surface area contributed by atoms with Gasteiger partial charge in [0.2, 0.25) is 5.95 Å². The molecule has 3 aromatic heterocycles. The number of methoxy groups -OCH3 is 1. The number of nitrogens with two attached hydrogens (primary N) is 1. The molecule has 1 saturated heterocycles. The van der Waals surface area contributed by atoms with E-state index in [1.165, 1.54) is 0 Å². The number of hydrogen-bond acceptors (Lipinski definition) is 8. The fraction of sp³-hybridized carbons (Fsp3) is 0.520. The number of aliphatic hydroxyl groups is 1. The van der Waals surface area contributed by atoms with Crippen LogP contribution in [-0.2, 0) is 0 Å². The molecule has 1 aliphatic heterocycles. The minimum absolute atomic E-state index is 0.0199. The zero-order chi connectivity index (χ0) is 24.2. The number of para-hydroxylation sites is 1. The van der Waals surface area contributed by atoms with Crippen molar-refractivity contribution in [2.75, 3.05) is 30.8 Å². The highest BCUT2D eigenvalue weighted by atomic mass is 16.5. The van der Waals surface area contributed by atoms with E-state index in [0.29, 0.717) is 22.9 Å². The van der Waals surface area contributed by atoms with Gasteiger partial charge in [0.15, 0.2) is 11.5 Å². The second-order valence-electron chi connectivity index (χ2n) is 10.1. The van der Waals surface area contributed by atoms with Crippen LogP contribution in [0, 0.1) is 0 Å². The summed E-state index contributed by atoms with van der Waals surface area (Å²) in [5.74, 6) is 1.91. The summed E-state index contributed by atoms with van der Waals surface area (Å²) >= 11 is 0. The highest BCUT2D eigenvalue weighted by molar-refractivity contribution is 5.95. The molecule has 10 nitrogen and oxygen atoms in total. The van der Waals surface area contributed by atoms with Crippen LogP contribution in [0.25, 0.3) is 16.6 Å². The Morgan fingerprint density at radius 3 is 2.89 bits per heavy atom. The van der Waals surface area contributed by atoms with E-state index >= 15 is 0 Å². The summed E-state index contributed by atoms with van der Waals surface area (Å²) in [6, 6.07) is 5.79. The summed E-state index contributed by atoms with van der Waals surface area (Å²) < 4.78 is 9.07. The molecule has 6 rings (SSSR count). The van der Waals surface area contributed by atoms with Crippen molar-refractivity contribution < 1.29 is 9.84 Å². The van der Waals surface area contributed by atoms with Crippen LogP contribution in [0.2, 0.25) is 0 Å². The molecule has 35 heavy (non-hydrogen) atoms. The lowest BCUT2D eigenvalue weighted by molar-refractivity contribution is -0.0292. The third kappa shape index (κ3) is 3.76. The van der Waals surface area contributed by atoms with Gasteiger partial charge in [-0.25, -0.2) is 9.97 Å². The van der Waals surface area contributed by atoms with Crippen LogP contribution >= 0.6 is 0 Å². The number of rotatable bonds is 4. The van der Waals surface area contributed by atoms with Crippen LogP contribution < -0.4 is 15.4 Å². The van der Waals surface area contributed by atoms with Gasteiger partial charge in [-0.15, -0.1) is 5.10 Å². The maximum Gasteiger partial charge on any atom is 0.223 e. The van der Waals surface area contributed by atoms with Gasteiger partial charge in [0.05, 0.1) is 30.6 Å². The predicted molar refractivity (Wildman–Crippen MR) is 134 cm³/mol. The minimum atomic E-state index is -0.716. The summed E-state index contributed by atoms with van der Waals surface area (Å²) in [7, 11) is 1.63. The van der Waals surface area contributed by atoms with E-state index in [-0.39, 0.29) is 12.0 Å². The number of ether oxygens (including phenoxy) is 1. The summed E-state index contributed by atoms with van der Waals surface area (Å²) in [5.41, 5.74) is 8.01. The van der Waals surface area contributed by atoms with E-state index in [9.17, 15) is 5.11 Å². The highest BCUT2D eigenvalue weighted by Gasteiger charge is 2.36. The van der Waals surface area contributed by atoms with Gasteiger partial charge in [0.25, 0.3) is 0 Å². The highest BCUT2D eigenvalue weighted by Crippen LogP contribution is 2.38. The quantitative estimate of drug-likeness (QED) is 0.460. The largest absolute Gasteiger partial charge is 0.494 e. The third-order valence-electron chi connectivity index (χ3n) is 7.71. The summed E-state index contributed by atoms with van der Waals surface area (Å²) in [6.45, 7) is 3.70. The number of anilines is 2. The van der Waals surface area contributed by atoms with Gasteiger partial charge in [-0.2, -0.15) is 9.61 Å². The van der Waals surface area contributed by atoms with Crippen molar-refractivity contribution >= 4 is 28.2 Å². The predicted octanol–water partition coefficient (Wildman–Crippen LogP) is 3.31. The molecule has 3 atom stereocenters. The van der Waals surface area contributed by atoms with E-state index in [1.54, 1.807) is 11.6 Å². The Morgan fingerprint density at radius 1 is 1.17 bits per heavy atom. The van der Waals surface area contributed by atoms with E-state index in [1.807, 2.05) is 36.0 Å². The Bertz CT molecular complexity index is 1380. The number of nitrogen functional groups attached to an aromatic ring is 1. The summed E-state index contributed by atoms with van der Waals surface area (Å²) in [6.07, 6.45) is 10.0. The number of aromatic nitrogens is 6. The first-order valence-electron chi connectivity index (χ1n) is 12.4. The summed E-state index contributed by atoms with van der Waals surface area (Å²) in [4.78, 5) is 11.8. The minimum Gasteiger partial charge on any atom is -0.494 e. The Morgan fingerprint density at radius 2 is 2.06 bits per heavy atom. The van der Waals surface area contributed by atoms with Crippen molar-refractivity contribution in [2.24, 2.45) is 0 Å². The maximum atomic E-state index is 10.9. The first kappa shape index (κ1) is 22.1. The Balaban J connectivity index is 1.29. The Hall–Kier alpha value is -3.40. The average Bonchev–Trinajstić information content (AvgIpc) is 3.52. The van der Waals surface area contributed by atoms with Crippen molar-refractivity contribution in [3.8, 4) is 5.75 Å². The lowest BCUT2D eigenvalue weighted by atomic mass is 9.82. The average molecular weight is 477 g/mol. The lowest BCUT2D eigenvalue weighted by Crippen LogP contribution is -2.39. The Kier molecular flexibility index (Phi) is 5.28. The molecule has 1 aromatic carbocycles. The van der Waals surface area contributed by atoms with Gasteiger partial charge >= 0.3 is 0 Å². The molecule has 1 aliphatic carbocycles. The maximum absolute atomic E-state index is 10.9. The lowest BCUT2D eigenvalue weighted by Gasteiger charge is -2.37. The van der Waals surface area contributed by atoms with Crippen molar-refractivity contribution in [2.45, 2.75) is 63.0 Å². The van der Waals surface area contributed by atoms with Crippen LogP contribution in [0.3, 0.4) is 0 Å². The van der Waals surface area contributed by atoms with Crippen LogP contribution in [0.15, 0.2) is 30.6 Å². The van der Waals surface area contributed by atoms with Gasteiger partial charge in [-0.05, 0) is 44.7 Å². The third-order valence-corrected chi connectivity index (χ3v) is 7.71. The second kappa shape index (κ2) is 8.37. The first-order valence-corrected chi connectivity index (χ1v) is 12.4. The molecule has 4 aromatic rings. The molecule has 1 saturated carbocycles. The van der Waals surface area contributed by atoms with Crippen LogP contribution in [0.5, 0.6) is 5.75 Å². The fourth-order valence-electron chi connectivity index (χ4n) is 5.78. The number of hydrogen-bond donors (Lipinski definition) is 2. The molecule has 0 bridgehead atoms. The van der Waals surface area contributed by atoms with Crippen molar-refractivity contribution in [3.63, 3.8) is 0 Å². The monoisotopic (exact) mass is 476 g/mol. The molecule has 184 valence electrons. The van der Waals surface area contributed by atoms with Crippen LogP contribution in [0.1, 0.15) is 63.2 Å². The normalized spacial score (nSPS) is 25.4. The molecule has 10 heteroatoms. The van der Waals surface area contributed by atoms with Crippen LogP contribution in [0.4, 0.5) is 11.6 Å².